The second-order valence-corrected chi connectivity index (χ2v) is 11.7. The third-order valence-electron chi connectivity index (χ3n) is 8.71. The normalized spacial score (nSPS) is 15.0. The van der Waals surface area contributed by atoms with Crippen LogP contribution in [0.4, 0.5) is 0 Å². The van der Waals surface area contributed by atoms with Crippen LogP contribution in [-0.4, -0.2) is 62.3 Å². The monoisotopic (exact) mass is 636 g/mol. The summed E-state index contributed by atoms with van der Waals surface area (Å²) in [4.78, 5) is 36.1. The number of carbonyl (C=O) groups is 2. The number of piperazine rings is 1. The van der Waals surface area contributed by atoms with Crippen LogP contribution in [0.1, 0.15) is 58.8 Å². The van der Waals surface area contributed by atoms with Crippen LogP contribution in [0.15, 0.2) is 103 Å². The topological polar surface area (TPSA) is 77.5 Å². The molecule has 0 saturated carbocycles. The zero-order chi connectivity index (χ0) is 33.0. The Balaban J connectivity index is 1.36. The fourth-order valence-corrected chi connectivity index (χ4v) is 6.32. The van der Waals surface area contributed by atoms with Crippen LogP contribution in [0.25, 0.3) is 0 Å². The molecule has 1 saturated heterocycles. The van der Waals surface area contributed by atoms with E-state index in [1.165, 1.54) is 37.5 Å². The summed E-state index contributed by atoms with van der Waals surface area (Å²) < 4.78 is 16.3. The van der Waals surface area contributed by atoms with Gasteiger partial charge in [0.05, 0.1) is 33.4 Å². The molecule has 1 fully saturated rings. The molecule has 1 aliphatic heterocycles. The number of benzene rings is 4. The molecule has 8 heteroatoms. The fraction of sp³-hybridized carbons (Fsp3) is 0.333. The number of rotatable bonds is 15. The van der Waals surface area contributed by atoms with E-state index in [1.54, 1.807) is 12.1 Å². The van der Waals surface area contributed by atoms with Crippen LogP contribution in [0.5, 0.6) is 17.2 Å². The summed E-state index contributed by atoms with van der Waals surface area (Å²) in [6.45, 7) is 0.821. The number of hydroxylamine groups is 2. The van der Waals surface area contributed by atoms with Gasteiger partial charge in [0.25, 0.3) is 0 Å². The molecule has 0 aliphatic carbocycles. The highest BCUT2D eigenvalue weighted by molar-refractivity contribution is 5.91. The first kappa shape index (κ1) is 33.5. The fourth-order valence-electron chi connectivity index (χ4n) is 6.32. The SMILES string of the molecule is COc1cc(C(=O)ON2CCN(C(CCCc3ccccc3)CCCc3ccccc3)C(=O)C2c2ccccc2)cc(OC)c1OC. The maximum absolute atomic E-state index is 14.5. The van der Waals surface area contributed by atoms with E-state index >= 15 is 0 Å². The van der Waals surface area contributed by atoms with Gasteiger partial charge >= 0.3 is 5.97 Å². The van der Waals surface area contributed by atoms with E-state index in [0.29, 0.717) is 30.3 Å². The van der Waals surface area contributed by atoms with Crippen molar-refractivity contribution in [3.8, 4) is 17.2 Å². The minimum Gasteiger partial charge on any atom is -0.493 e. The van der Waals surface area contributed by atoms with Crippen LogP contribution in [-0.2, 0) is 22.5 Å². The van der Waals surface area contributed by atoms with Crippen molar-refractivity contribution < 1.29 is 28.6 Å². The van der Waals surface area contributed by atoms with Crippen LogP contribution < -0.4 is 14.2 Å². The van der Waals surface area contributed by atoms with Gasteiger partial charge in [-0.1, -0.05) is 91.0 Å². The first-order valence-corrected chi connectivity index (χ1v) is 16.2. The predicted molar refractivity (Wildman–Crippen MR) is 182 cm³/mol. The quantitative estimate of drug-likeness (QED) is 0.138. The van der Waals surface area contributed by atoms with Crippen LogP contribution in [0.2, 0.25) is 0 Å². The second-order valence-electron chi connectivity index (χ2n) is 11.7. The first-order chi connectivity index (χ1) is 23.0. The van der Waals surface area contributed by atoms with Gasteiger partial charge in [-0.05, 0) is 67.3 Å². The molecule has 246 valence electrons. The molecule has 1 aliphatic rings. The van der Waals surface area contributed by atoms with Crippen molar-refractivity contribution in [1.29, 1.82) is 0 Å². The van der Waals surface area contributed by atoms with E-state index in [1.807, 2.05) is 47.4 Å². The molecule has 8 nitrogen and oxygen atoms in total. The number of hydrogen-bond acceptors (Lipinski definition) is 7. The van der Waals surface area contributed by atoms with Crippen molar-refractivity contribution in [2.45, 2.75) is 50.6 Å². The highest BCUT2D eigenvalue weighted by Gasteiger charge is 2.41. The Morgan fingerprint density at radius 3 is 1.72 bits per heavy atom. The summed E-state index contributed by atoms with van der Waals surface area (Å²) in [6.07, 6.45) is 5.64. The Hall–Kier alpha value is -4.82. The molecule has 0 radical (unpaired) electrons. The summed E-state index contributed by atoms with van der Waals surface area (Å²) in [7, 11) is 4.49. The smallest absolute Gasteiger partial charge is 0.357 e. The molecule has 4 aromatic carbocycles. The molecule has 1 heterocycles. The maximum atomic E-state index is 14.5. The standard InChI is InChI=1S/C39H44N2O6/c1-44-34-27-32(28-35(45-2)37(34)46-3)39(43)47-41-26-25-40(38(42)36(41)31-21-11-6-12-22-31)33(23-13-19-29-15-7-4-8-16-29)24-14-20-30-17-9-5-10-18-30/h4-12,15-18,21-22,27-28,33,36H,13-14,19-20,23-26H2,1-3H3. The summed E-state index contributed by atoms with van der Waals surface area (Å²) in [5.41, 5.74) is 3.59. The Labute approximate surface area is 277 Å². The molecule has 1 amide bonds. The van der Waals surface area contributed by atoms with E-state index in [0.717, 1.165) is 44.1 Å². The van der Waals surface area contributed by atoms with E-state index in [9.17, 15) is 9.59 Å². The van der Waals surface area contributed by atoms with Crippen molar-refractivity contribution in [2.24, 2.45) is 0 Å². The molecular formula is C39H44N2O6. The number of amides is 1. The van der Waals surface area contributed by atoms with Gasteiger partial charge in [-0.2, -0.15) is 0 Å². The second kappa shape index (κ2) is 16.7. The summed E-state index contributed by atoms with van der Waals surface area (Å²) >= 11 is 0. The number of methoxy groups -OCH3 is 3. The summed E-state index contributed by atoms with van der Waals surface area (Å²) in [6, 6.07) is 32.9. The minimum atomic E-state index is -0.776. The van der Waals surface area contributed by atoms with Gasteiger partial charge in [0.1, 0.15) is 6.04 Å². The Morgan fingerprint density at radius 1 is 0.723 bits per heavy atom. The molecule has 5 rings (SSSR count). The van der Waals surface area contributed by atoms with Gasteiger partial charge in [0.2, 0.25) is 11.7 Å². The van der Waals surface area contributed by atoms with Crippen molar-refractivity contribution >= 4 is 11.9 Å². The largest absolute Gasteiger partial charge is 0.493 e. The van der Waals surface area contributed by atoms with Crippen molar-refractivity contribution in [1.82, 2.24) is 9.96 Å². The van der Waals surface area contributed by atoms with Crippen molar-refractivity contribution in [2.75, 3.05) is 34.4 Å². The average Bonchev–Trinajstić information content (AvgIpc) is 3.11. The Kier molecular flexibility index (Phi) is 11.9. The molecule has 47 heavy (non-hydrogen) atoms. The van der Waals surface area contributed by atoms with Gasteiger partial charge in [0, 0.05) is 12.6 Å². The molecule has 4 aromatic rings. The van der Waals surface area contributed by atoms with E-state index in [2.05, 4.69) is 48.5 Å². The van der Waals surface area contributed by atoms with Crippen molar-refractivity contribution in [3.63, 3.8) is 0 Å². The van der Waals surface area contributed by atoms with Crippen LogP contribution in [0.3, 0.4) is 0 Å². The van der Waals surface area contributed by atoms with Gasteiger partial charge in [-0.25, -0.2) is 4.79 Å². The average molecular weight is 637 g/mol. The Bertz CT molecular complexity index is 1510. The molecule has 0 spiro atoms. The van der Waals surface area contributed by atoms with E-state index in [-0.39, 0.29) is 17.5 Å². The maximum Gasteiger partial charge on any atom is 0.357 e. The first-order valence-electron chi connectivity index (χ1n) is 16.2. The third kappa shape index (κ3) is 8.51. The zero-order valence-corrected chi connectivity index (χ0v) is 27.5. The highest BCUT2D eigenvalue weighted by Crippen LogP contribution is 2.39. The van der Waals surface area contributed by atoms with E-state index in [4.69, 9.17) is 19.0 Å². The van der Waals surface area contributed by atoms with Gasteiger partial charge in [-0.15, -0.1) is 5.06 Å². The number of hydrogen-bond donors (Lipinski definition) is 0. The number of nitrogens with zero attached hydrogens (tertiary/aromatic N) is 2. The zero-order valence-electron chi connectivity index (χ0n) is 27.5. The summed E-state index contributed by atoms with van der Waals surface area (Å²) in [5.74, 6) is 0.377. The lowest BCUT2D eigenvalue weighted by Crippen LogP contribution is -2.55. The van der Waals surface area contributed by atoms with Gasteiger partial charge < -0.3 is 23.9 Å². The summed E-state index contributed by atoms with van der Waals surface area (Å²) in [5, 5.41) is 1.52. The molecule has 1 atom stereocenters. The molecule has 1 unspecified atom stereocenters. The molecule has 0 N–H and O–H groups in total. The molecule has 0 bridgehead atoms. The molecule has 0 aromatic heterocycles. The lowest BCUT2D eigenvalue weighted by Gasteiger charge is -2.43. The highest BCUT2D eigenvalue weighted by atomic mass is 16.7. The predicted octanol–water partition coefficient (Wildman–Crippen LogP) is 7.08. The van der Waals surface area contributed by atoms with Crippen molar-refractivity contribution in [3.05, 3.63) is 125 Å². The molecular weight excluding hydrogens is 592 g/mol. The lowest BCUT2D eigenvalue weighted by molar-refractivity contribution is -0.185. The third-order valence-corrected chi connectivity index (χ3v) is 8.71. The minimum absolute atomic E-state index is 0.0640. The van der Waals surface area contributed by atoms with Gasteiger partial charge in [-0.3, -0.25) is 4.79 Å². The number of carbonyl (C=O) groups excluding carboxylic acids is 2. The van der Waals surface area contributed by atoms with Crippen LogP contribution >= 0.6 is 0 Å². The van der Waals surface area contributed by atoms with Crippen LogP contribution in [0, 0.1) is 0 Å². The lowest BCUT2D eigenvalue weighted by atomic mass is 9.95. The van der Waals surface area contributed by atoms with Gasteiger partial charge in [0.15, 0.2) is 11.5 Å². The number of ether oxygens (including phenoxy) is 3. The van der Waals surface area contributed by atoms with E-state index < -0.39 is 12.0 Å². The Morgan fingerprint density at radius 2 is 1.23 bits per heavy atom. The number of aryl methyl sites for hydroxylation is 2.